The van der Waals surface area contributed by atoms with Gasteiger partial charge in [-0.25, -0.2) is 0 Å². The van der Waals surface area contributed by atoms with Gasteiger partial charge < -0.3 is 30.5 Å². The number of aliphatic hydroxyl groups excluding tert-OH is 4. The number of rotatable bonds is 3. The van der Waals surface area contributed by atoms with Crippen molar-refractivity contribution in [2.45, 2.75) is 30.6 Å². The molecule has 1 amide bonds. The number of ether oxygens (including phenoxy) is 1. The molecule has 7 nitrogen and oxygen atoms in total. The van der Waals surface area contributed by atoms with E-state index in [4.69, 9.17) is 9.84 Å². The Kier molecular flexibility index (Phi) is 3.78. The first-order chi connectivity index (χ1) is 6.61. The summed E-state index contributed by atoms with van der Waals surface area (Å²) in [5.41, 5.74) is 0. The lowest BCUT2D eigenvalue weighted by Crippen LogP contribution is -2.63. The molecule has 7 heteroatoms. The molecule has 0 radical (unpaired) electrons. The zero-order valence-electron chi connectivity index (χ0n) is 7.28. The average Bonchev–Trinajstić information content (AvgIpc) is 2.18. The third kappa shape index (κ3) is 2.02. The van der Waals surface area contributed by atoms with Crippen molar-refractivity contribution in [2.75, 3.05) is 6.61 Å². The van der Waals surface area contributed by atoms with Crippen LogP contribution in [0.3, 0.4) is 0 Å². The van der Waals surface area contributed by atoms with Gasteiger partial charge in [-0.15, -0.1) is 0 Å². The summed E-state index contributed by atoms with van der Waals surface area (Å²) in [6, 6.07) is -1.09. The largest absolute Gasteiger partial charge is 0.394 e. The van der Waals surface area contributed by atoms with Gasteiger partial charge in [-0.3, -0.25) is 4.79 Å². The Morgan fingerprint density at radius 1 is 1.29 bits per heavy atom. The second-order valence-corrected chi connectivity index (χ2v) is 3.04. The Morgan fingerprint density at radius 3 is 2.43 bits per heavy atom. The van der Waals surface area contributed by atoms with Gasteiger partial charge in [0, 0.05) is 0 Å². The molecule has 0 aromatic carbocycles. The molecule has 14 heavy (non-hydrogen) atoms. The Labute approximate surface area is 79.9 Å². The van der Waals surface area contributed by atoms with Crippen LogP contribution < -0.4 is 5.32 Å². The van der Waals surface area contributed by atoms with E-state index in [1.54, 1.807) is 0 Å². The molecule has 0 aromatic rings. The first kappa shape index (κ1) is 11.3. The van der Waals surface area contributed by atoms with Gasteiger partial charge in [0.2, 0.25) is 6.41 Å². The van der Waals surface area contributed by atoms with E-state index in [1.807, 2.05) is 0 Å². The van der Waals surface area contributed by atoms with Gasteiger partial charge in [-0.2, -0.15) is 0 Å². The van der Waals surface area contributed by atoms with Crippen molar-refractivity contribution in [3.63, 3.8) is 0 Å². The van der Waals surface area contributed by atoms with Crippen LogP contribution in [0, 0.1) is 0 Å². The molecule has 5 N–H and O–H groups in total. The predicted molar refractivity (Wildman–Crippen MR) is 43.0 cm³/mol. The molecule has 1 saturated heterocycles. The second kappa shape index (κ2) is 4.67. The van der Waals surface area contributed by atoms with Crippen LogP contribution in [0.2, 0.25) is 0 Å². The van der Waals surface area contributed by atoms with Crippen LogP contribution in [0.5, 0.6) is 0 Å². The number of amides is 1. The summed E-state index contributed by atoms with van der Waals surface area (Å²) in [6.45, 7) is -0.525. The third-order valence-electron chi connectivity index (χ3n) is 2.16. The van der Waals surface area contributed by atoms with Crippen molar-refractivity contribution in [1.29, 1.82) is 0 Å². The van der Waals surface area contributed by atoms with E-state index < -0.39 is 37.3 Å². The smallest absolute Gasteiger partial charge is 0.207 e. The molecule has 0 bridgehead atoms. The van der Waals surface area contributed by atoms with E-state index in [9.17, 15) is 20.1 Å². The van der Waals surface area contributed by atoms with E-state index in [2.05, 4.69) is 5.32 Å². The summed E-state index contributed by atoms with van der Waals surface area (Å²) < 4.78 is 4.76. The maximum absolute atomic E-state index is 10.1. The molecule has 1 aliphatic heterocycles. The van der Waals surface area contributed by atoms with Crippen LogP contribution >= 0.6 is 0 Å². The fourth-order valence-electron chi connectivity index (χ4n) is 1.36. The minimum absolute atomic E-state index is 0.284. The molecule has 1 rings (SSSR count). The minimum atomic E-state index is -1.45. The number of carbonyl (C=O) groups is 1. The first-order valence-corrected chi connectivity index (χ1v) is 4.12. The Balaban J connectivity index is 2.68. The highest BCUT2D eigenvalue weighted by Crippen LogP contribution is 2.19. The third-order valence-corrected chi connectivity index (χ3v) is 2.16. The highest BCUT2D eigenvalue weighted by Gasteiger charge is 2.43. The Bertz CT molecular complexity index is 201. The van der Waals surface area contributed by atoms with Gasteiger partial charge in [0.05, 0.1) is 6.61 Å². The van der Waals surface area contributed by atoms with Crippen molar-refractivity contribution in [3.05, 3.63) is 0 Å². The standard InChI is InChI=1S/C7H13NO6/c9-1-3-5(11)6(12)4(8-2-10)7(13)14-3/h2-7,9,11-13H,1H2,(H,8,10)/t3-,4-,5+,6-,7?/m1/s1. The molecule has 1 unspecified atom stereocenters. The lowest BCUT2D eigenvalue weighted by atomic mass is 9.97. The summed E-state index contributed by atoms with van der Waals surface area (Å²) in [7, 11) is 0. The summed E-state index contributed by atoms with van der Waals surface area (Å²) >= 11 is 0. The molecule has 0 saturated carbocycles. The van der Waals surface area contributed by atoms with Gasteiger partial charge >= 0.3 is 0 Å². The number of nitrogens with one attached hydrogen (secondary N) is 1. The van der Waals surface area contributed by atoms with Crippen LogP contribution in [0.1, 0.15) is 0 Å². The Morgan fingerprint density at radius 2 is 1.93 bits per heavy atom. The van der Waals surface area contributed by atoms with Crippen LogP contribution in [0.15, 0.2) is 0 Å². The lowest BCUT2D eigenvalue weighted by Gasteiger charge is -2.39. The number of carbonyl (C=O) groups excluding carboxylic acids is 1. The quantitative estimate of drug-likeness (QED) is 0.307. The predicted octanol–water partition coefficient (Wildman–Crippen LogP) is -3.47. The maximum atomic E-state index is 10.1. The molecule has 5 atom stereocenters. The summed E-state index contributed by atoms with van der Waals surface area (Å²) in [5.74, 6) is 0. The zero-order valence-corrected chi connectivity index (χ0v) is 7.28. The zero-order chi connectivity index (χ0) is 10.7. The molecule has 0 aromatic heterocycles. The van der Waals surface area contributed by atoms with Crippen molar-refractivity contribution in [1.82, 2.24) is 5.32 Å². The van der Waals surface area contributed by atoms with E-state index in [0.717, 1.165) is 0 Å². The highest BCUT2D eigenvalue weighted by atomic mass is 16.6. The van der Waals surface area contributed by atoms with Crippen LogP contribution in [0.25, 0.3) is 0 Å². The molecule has 0 spiro atoms. The number of aliphatic hydroxyl groups is 4. The summed E-state index contributed by atoms with van der Waals surface area (Å²) in [6.07, 6.45) is -4.94. The normalized spacial score (nSPS) is 43.3. The molecule has 1 fully saturated rings. The molecule has 1 aliphatic rings. The summed E-state index contributed by atoms with van der Waals surface area (Å²) in [4.78, 5) is 10.1. The van der Waals surface area contributed by atoms with Crippen molar-refractivity contribution in [2.24, 2.45) is 0 Å². The fourth-order valence-corrected chi connectivity index (χ4v) is 1.36. The van der Waals surface area contributed by atoms with Gasteiger partial charge in [-0.1, -0.05) is 0 Å². The van der Waals surface area contributed by atoms with Crippen LogP contribution in [-0.2, 0) is 9.53 Å². The van der Waals surface area contributed by atoms with Crippen molar-refractivity contribution in [3.8, 4) is 0 Å². The highest BCUT2D eigenvalue weighted by molar-refractivity contribution is 5.47. The van der Waals surface area contributed by atoms with Crippen molar-refractivity contribution < 1.29 is 30.0 Å². The first-order valence-electron chi connectivity index (χ1n) is 4.12. The second-order valence-electron chi connectivity index (χ2n) is 3.04. The van der Waals surface area contributed by atoms with Crippen LogP contribution in [-0.4, -0.2) is 64.1 Å². The van der Waals surface area contributed by atoms with E-state index in [1.165, 1.54) is 0 Å². The minimum Gasteiger partial charge on any atom is -0.394 e. The lowest BCUT2D eigenvalue weighted by molar-refractivity contribution is -0.253. The van der Waals surface area contributed by atoms with Gasteiger partial charge in [0.25, 0.3) is 0 Å². The average molecular weight is 207 g/mol. The monoisotopic (exact) mass is 207 g/mol. The Hall–Kier alpha value is -0.730. The molecular formula is C7H13NO6. The van der Waals surface area contributed by atoms with Gasteiger partial charge in [0.15, 0.2) is 6.29 Å². The maximum Gasteiger partial charge on any atom is 0.207 e. The summed E-state index contributed by atoms with van der Waals surface area (Å²) in [5, 5.41) is 38.9. The molecule has 1 heterocycles. The van der Waals surface area contributed by atoms with E-state index in [-0.39, 0.29) is 6.41 Å². The van der Waals surface area contributed by atoms with Gasteiger partial charge in [-0.05, 0) is 0 Å². The molecule has 82 valence electrons. The molecular weight excluding hydrogens is 194 g/mol. The van der Waals surface area contributed by atoms with E-state index in [0.29, 0.717) is 0 Å². The fraction of sp³-hybridized carbons (Fsp3) is 0.857. The van der Waals surface area contributed by atoms with Gasteiger partial charge in [0.1, 0.15) is 24.4 Å². The van der Waals surface area contributed by atoms with Crippen molar-refractivity contribution >= 4 is 6.41 Å². The van der Waals surface area contributed by atoms with E-state index >= 15 is 0 Å². The number of hydrogen-bond acceptors (Lipinski definition) is 6. The van der Waals surface area contributed by atoms with Crippen LogP contribution in [0.4, 0.5) is 0 Å². The SMILES string of the molecule is O=CN[C@H]1C(O)O[C@H](CO)[C@H](O)[C@@H]1O. The topological polar surface area (TPSA) is 119 Å². The molecule has 0 aliphatic carbocycles. The number of hydrogen-bond donors (Lipinski definition) is 5.